The highest BCUT2D eigenvalue weighted by molar-refractivity contribution is 5.99. The molecule has 2 heterocycles. The van der Waals surface area contributed by atoms with Crippen LogP contribution in [0.2, 0.25) is 0 Å². The van der Waals surface area contributed by atoms with Crippen LogP contribution >= 0.6 is 0 Å². The first-order valence-corrected chi connectivity index (χ1v) is 20.7. The van der Waals surface area contributed by atoms with Crippen LogP contribution < -0.4 is 0 Å². The molecule has 1 spiro atoms. The van der Waals surface area contributed by atoms with Crippen LogP contribution in [0.3, 0.4) is 0 Å². The molecule has 1 saturated heterocycles. The summed E-state index contributed by atoms with van der Waals surface area (Å²) in [4.78, 5) is 75.5. The zero-order valence-electron chi connectivity index (χ0n) is 35.1. The van der Waals surface area contributed by atoms with Gasteiger partial charge in [0, 0.05) is 37.7 Å². The first-order valence-electron chi connectivity index (χ1n) is 20.7. The Labute approximate surface area is 348 Å². The summed E-state index contributed by atoms with van der Waals surface area (Å²) in [5.74, 6) is -4.96. The van der Waals surface area contributed by atoms with Gasteiger partial charge < -0.3 is 38.6 Å². The zero-order chi connectivity index (χ0) is 43.3. The molecule has 14 heteroatoms. The van der Waals surface area contributed by atoms with Crippen LogP contribution in [0, 0.1) is 28.6 Å². The molecule has 2 aromatic carbocycles. The predicted octanol–water partition coefficient (Wildman–Crippen LogP) is 4.46. The topological polar surface area (TPSA) is 194 Å². The van der Waals surface area contributed by atoms with Crippen molar-refractivity contribution in [1.29, 1.82) is 0 Å². The molecule has 4 fully saturated rings. The van der Waals surface area contributed by atoms with Gasteiger partial charge >= 0.3 is 23.9 Å². The van der Waals surface area contributed by atoms with E-state index in [1.165, 1.54) is 26.0 Å². The van der Waals surface area contributed by atoms with Crippen LogP contribution in [-0.2, 0) is 47.6 Å². The minimum absolute atomic E-state index is 0.00883. The number of nitrogens with zero attached hydrogens (tertiary/aromatic N) is 1. The molecule has 8 rings (SSSR count). The second-order valence-corrected chi connectivity index (χ2v) is 18.5. The largest absolute Gasteiger partial charge is 0.459 e. The first-order chi connectivity index (χ1) is 28.2. The number of benzene rings is 2. The minimum Gasteiger partial charge on any atom is -0.459 e. The summed E-state index contributed by atoms with van der Waals surface area (Å²) in [6.45, 7) is 12.6. The molecule has 12 atom stereocenters. The lowest BCUT2D eigenvalue weighted by atomic mass is 9.44. The van der Waals surface area contributed by atoms with Crippen LogP contribution in [0.1, 0.15) is 90.6 Å². The summed E-state index contributed by atoms with van der Waals surface area (Å²) in [6.07, 6.45) is -8.34. The molecule has 3 saturated carbocycles. The minimum atomic E-state index is -2.27. The van der Waals surface area contributed by atoms with Gasteiger partial charge in [0.1, 0.15) is 29.5 Å². The monoisotopic (exact) mass is 827 g/mol. The van der Waals surface area contributed by atoms with Gasteiger partial charge in [0.05, 0.1) is 29.6 Å². The normalized spacial score (nSPS) is 38.5. The average molecular weight is 828 g/mol. The zero-order valence-corrected chi connectivity index (χ0v) is 35.1. The van der Waals surface area contributed by atoms with Gasteiger partial charge in [-0.1, -0.05) is 64.1 Å². The highest BCUT2D eigenvalue weighted by Crippen LogP contribution is 2.65. The summed E-state index contributed by atoms with van der Waals surface area (Å²) >= 11 is 0. The van der Waals surface area contributed by atoms with Crippen LogP contribution in [0.15, 0.2) is 76.8 Å². The Morgan fingerprint density at radius 3 is 2.12 bits per heavy atom. The predicted molar refractivity (Wildman–Crippen MR) is 212 cm³/mol. The maximum atomic E-state index is 15.5. The van der Waals surface area contributed by atoms with E-state index in [0.717, 1.165) is 6.92 Å². The highest BCUT2D eigenvalue weighted by Gasteiger charge is 2.78. The lowest BCUT2D eigenvalue weighted by molar-refractivity contribution is -0.346. The Bertz CT molecular complexity index is 2180. The fourth-order valence-electron chi connectivity index (χ4n) is 11.2. The number of hydrogen-bond donors (Lipinski definition) is 2. The molecular formula is C46H53NO13. The Morgan fingerprint density at radius 1 is 0.900 bits per heavy atom. The number of ketones is 1. The van der Waals surface area contributed by atoms with Crippen molar-refractivity contribution in [2.45, 2.75) is 128 Å². The van der Waals surface area contributed by atoms with Crippen LogP contribution in [0.5, 0.6) is 0 Å². The molecule has 14 nitrogen and oxygen atoms in total. The second kappa shape index (κ2) is 14.3. The van der Waals surface area contributed by atoms with Crippen LogP contribution in [0.4, 0.5) is 0 Å². The van der Waals surface area contributed by atoms with Gasteiger partial charge in [-0.15, -0.1) is 0 Å². The summed E-state index contributed by atoms with van der Waals surface area (Å²) in [5, 5.41) is 25.8. The number of ether oxygens (including phenoxy) is 6. The Hall–Kier alpha value is -4.92. The Balaban J connectivity index is 1.29. The third-order valence-corrected chi connectivity index (χ3v) is 14.5. The van der Waals surface area contributed by atoms with Gasteiger partial charge in [0.25, 0.3) is 0 Å². The van der Waals surface area contributed by atoms with Gasteiger partial charge in [-0.05, 0) is 67.5 Å². The summed E-state index contributed by atoms with van der Waals surface area (Å²) < 4.78 is 37.2. The van der Waals surface area contributed by atoms with E-state index in [4.69, 9.17) is 33.4 Å². The van der Waals surface area contributed by atoms with E-state index in [1.807, 2.05) is 30.3 Å². The van der Waals surface area contributed by atoms with E-state index < -0.39 is 106 Å². The van der Waals surface area contributed by atoms with E-state index in [9.17, 15) is 29.4 Å². The number of Topliss-reactive ketones (excluding diaryl/α,β-unsaturated/α-hetero) is 1. The third-order valence-electron chi connectivity index (χ3n) is 14.5. The number of aliphatic hydroxyl groups excluding tert-OH is 1. The van der Waals surface area contributed by atoms with Crippen LogP contribution in [0.25, 0.3) is 0 Å². The fraction of sp³-hybridized carbons (Fsp3) is 0.565. The highest BCUT2D eigenvalue weighted by atomic mass is 16.6. The molecule has 0 amide bonds. The number of aliphatic hydroxyl groups is 2. The number of carbonyl (C=O) groups is 5. The fourth-order valence-corrected chi connectivity index (χ4v) is 11.2. The molecule has 320 valence electrons. The van der Waals surface area contributed by atoms with E-state index in [2.05, 4.69) is 13.8 Å². The van der Waals surface area contributed by atoms with Crippen molar-refractivity contribution in [3.63, 3.8) is 0 Å². The number of esters is 4. The van der Waals surface area contributed by atoms with E-state index in [0.29, 0.717) is 23.5 Å². The number of fused-ring (bicyclic) bond motifs is 5. The first kappa shape index (κ1) is 41.8. The van der Waals surface area contributed by atoms with Crippen molar-refractivity contribution < 1.29 is 62.6 Å². The lowest BCUT2D eigenvalue weighted by Gasteiger charge is -2.67. The van der Waals surface area contributed by atoms with Crippen molar-refractivity contribution in [1.82, 2.24) is 0 Å². The number of rotatable bonds is 8. The molecular weight excluding hydrogens is 774 g/mol. The maximum Gasteiger partial charge on any atom is 0.350 e. The van der Waals surface area contributed by atoms with Gasteiger partial charge in [-0.25, -0.2) is 14.6 Å². The molecule has 6 aliphatic rings. The molecule has 0 radical (unpaired) electrons. The average Bonchev–Trinajstić information content (AvgIpc) is 3.79. The lowest BCUT2D eigenvalue weighted by Crippen LogP contribution is -2.82. The SMILES string of the molecule is CC(=O)O[C@H]1C(=O)[C@@]2(C)[C@H]([C@H](OC(=O)c3ccccc3)[C@]3(O)C[C@H](OC(=O)[C@H]4OC(c5ccccc5)=N[C@@]45CC5C(C)C)C(C)=C1C3(C)C)[C@]1(OC(C)=O)CO[C@@H]1C[C@@H]2O. The summed E-state index contributed by atoms with van der Waals surface area (Å²) in [5.41, 5.74) is -7.17. The van der Waals surface area contributed by atoms with Crippen LogP contribution in [-0.4, -0.2) is 106 Å². The molecule has 2 N–H and O–H groups in total. The van der Waals surface area contributed by atoms with E-state index in [1.54, 1.807) is 39.0 Å². The third kappa shape index (κ3) is 6.06. The van der Waals surface area contributed by atoms with E-state index in [-0.39, 0.29) is 36.0 Å². The van der Waals surface area contributed by atoms with Gasteiger partial charge in [-0.3, -0.25) is 14.4 Å². The molecule has 1 unspecified atom stereocenters. The van der Waals surface area contributed by atoms with E-state index >= 15 is 4.79 Å². The maximum absolute atomic E-state index is 15.5. The summed E-state index contributed by atoms with van der Waals surface area (Å²) in [6, 6.07) is 17.3. The smallest absolute Gasteiger partial charge is 0.350 e. The van der Waals surface area contributed by atoms with Crippen molar-refractivity contribution >= 4 is 35.6 Å². The molecule has 4 aliphatic carbocycles. The molecule has 2 bridgehead atoms. The number of carbonyl (C=O) groups excluding carboxylic acids is 5. The van der Waals surface area contributed by atoms with Crippen molar-refractivity contribution in [3.8, 4) is 0 Å². The molecule has 0 aromatic heterocycles. The quantitative estimate of drug-likeness (QED) is 0.216. The molecule has 2 aromatic rings. The standard InChI is InChI=1S/C46H53NO13/c1-23(2)29-20-44(29)38(58-39(47-44)27-15-11-9-12-16-27)41(53)57-30-21-46(54)37(59-40(52)28-17-13-10-14-18-28)35-43(8,31(50)19-32-45(35,22-55-32)60-26(5)49)36(51)34(56-25(4)48)33(24(30)3)42(46,6)7/h9-18,23,29-32,34-35,37-38,50,54H,19-22H2,1-8H3/t29?,30-,31-,32+,34+,35-,37-,38+,43+,44+,45-,46+/m0/s1. The Morgan fingerprint density at radius 2 is 1.55 bits per heavy atom. The van der Waals surface area contributed by atoms with Crippen molar-refractivity contribution in [2.24, 2.45) is 33.6 Å². The second-order valence-electron chi connectivity index (χ2n) is 18.5. The number of aliphatic imine (C=N–C) groups is 1. The van der Waals surface area contributed by atoms with Gasteiger partial charge in [0.2, 0.25) is 12.0 Å². The van der Waals surface area contributed by atoms with Gasteiger partial charge in [0.15, 0.2) is 17.5 Å². The van der Waals surface area contributed by atoms with Gasteiger partial charge in [-0.2, -0.15) is 0 Å². The van der Waals surface area contributed by atoms with Crippen molar-refractivity contribution in [2.75, 3.05) is 6.61 Å². The van der Waals surface area contributed by atoms with Crippen molar-refractivity contribution in [3.05, 3.63) is 82.9 Å². The molecule has 2 aliphatic heterocycles. The number of hydrogen-bond acceptors (Lipinski definition) is 14. The molecule has 60 heavy (non-hydrogen) atoms. The Kier molecular flexibility index (Phi) is 9.99. The summed E-state index contributed by atoms with van der Waals surface area (Å²) in [7, 11) is 0.